The fraction of sp³-hybridized carbons (Fsp3) is 0.333. The summed E-state index contributed by atoms with van der Waals surface area (Å²) >= 11 is 0. The standard InChI is InChI=1S/C6H5F3N2O/c1-2-12-4-3(7)5(8)10-11-6(4)9/h2H2,1H3. The molecule has 0 N–H and O–H groups in total. The first-order valence-electron chi connectivity index (χ1n) is 3.16. The van der Waals surface area contributed by atoms with Gasteiger partial charge >= 0.3 is 0 Å². The molecule has 3 nitrogen and oxygen atoms in total. The third-order valence-electron chi connectivity index (χ3n) is 1.08. The summed E-state index contributed by atoms with van der Waals surface area (Å²) in [6.07, 6.45) is 0. The monoisotopic (exact) mass is 178 g/mol. The van der Waals surface area contributed by atoms with Crippen LogP contribution in [0.5, 0.6) is 5.75 Å². The van der Waals surface area contributed by atoms with E-state index in [9.17, 15) is 13.2 Å². The lowest BCUT2D eigenvalue weighted by Crippen LogP contribution is -2.04. The van der Waals surface area contributed by atoms with Crippen LogP contribution in [0, 0.1) is 17.7 Å². The van der Waals surface area contributed by atoms with Gasteiger partial charge < -0.3 is 4.74 Å². The van der Waals surface area contributed by atoms with Crippen LogP contribution >= 0.6 is 0 Å². The van der Waals surface area contributed by atoms with Crippen molar-refractivity contribution in [3.8, 4) is 5.75 Å². The Balaban J connectivity index is 3.14. The Labute approximate surface area is 66.2 Å². The largest absolute Gasteiger partial charge is 0.486 e. The summed E-state index contributed by atoms with van der Waals surface area (Å²) in [5.41, 5.74) is 0. The maximum atomic E-state index is 12.6. The van der Waals surface area contributed by atoms with Crippen molar-refractivity contribution in [2.45, 2.75) is 6.92 Å². The third kappa shape index (κ3) is 1.46. The second kappa shape index (κ2) is 3.38. The van der Waals surface area contributed by atoms with E-state index in [-0.39, 0.29) is 6.61 Å². The molecule has 66 valence electrons. The van der Waals surface area contributed by atoms with E-state index in [0.29, 0.717) is 0 Å². The fourth-order valence-corrected chi connectivity index (χ4v) is 0.629. The Hall–Kier alpha value is -1.33. The summed E-state index contributed by atoms with van der Waals surface area (Å²) in [7, 11) is 0. The summed E-state index contributed by atoms with van der Waals surface area (Å²) in [6, 6.07) is 0. The van der Waals surface area contributed by atoms with Gasteiger partial charge in [0.15, 0.2) is 0 Å². The molecule has 0 amide bonds. The zero-order valence-corrected chi connectivity index (χ0v) is 6.14. The minimum absolute atomic E-state index is 0.0268. The van der Waals surface area contributed by atoms with Crippen LogP contribution in [0.2, 0.25) is 0 Å². The van der Waals surface area contributed by atoms with Crippen LogP contribution in [0.3, 0.4) is 0 Å². The predicted molar refractivity (Wildman–Crippen MR) is 33.1 cm³/mol. The predicted octanol–water partition coefficient (Wildman–Crippen LogP) is 1.29. The number of hydrogen-bond donors (Lipinski definition) is 0. The van der Waals surface area contributed by atoms with E-state index < -0.39 is 23.5 Å². The van der Waals surface area contributed by atoms with Crippen LogP contribution in [0.25, 0.3) is 0 Å². The fourth-order valence-electron chi connectivity index (χ4n) is 0.629. The Kier molecular flexibility index (Phi) is 2.47. The number of aromatic nitrogens is 2. The number of nitrogens with zero attached hydrogens (tertiary/aromatic N) is 2. The van der Waals surface area contributed by atoms with Gasteiger partial charge in [0.1, 0.15) is 0 Å². The zero-order chi connectivity index (χ0) is 9.14. The highest BCUT2D eigenvalue weighted by Gasteiger charge is 2.17. The summed E-state index contributed by atoms with van der Waals surface area (Å²) < 4.78 is 41.9. The van der Waals surface area contributed by atoms with Crippen molar-refractivity contribution in [3.63, 3.8) is 0 Å². The molecular weight excluding hydrogens is 173 g/mol. The van der Waals surface area contributed by atoms with Gasteiger partial charge in [0.25, 0.3) is 11.9 Å². The highest BCUT2D eigenvalue weighted by molar-refractivity contribution is 5.19. The van der Waals surface area contributed by atoms with Crippen LogP contribution < -0.4 is 4.74 Å². The Morgan fingerprint density at radius 3 is 2.33 bits per heavy atom. The van der Waals surface area contributed by atoms with E-state index in [4.69, 9.17) is 0 Å². The normalized spacial score (nSPS) is 10.0. The van der Waals surface area contributed by atoms with E-state index in [1.807, 2.05) is 0 Å². The quantitative estimate of drug-likeness (QED) is 0.684. The molecule has 0 unspecified atom stereocenters. The Bertz CT molecular complexity index is 292. The van der Waals surface area contributed by atoms with Crippen molar-refractivity contribution in [1.29, 1.82) is 0 Å². The lowest BCUT2D eigenvalue weighted by atomic mass is 10.5. The van der Waals surface area contributed by atoms with Gasteiger partial charge in [-0.05, 0) is 6.92 Å². The highest BCUT2D eigenvalue weighted by Crippen LogP contribution is 2.19. The molecule has 0 aliphatic carbocycles. The molecule has 0 fully saturated rings. The van der Waals surface area contributed by atoms with Crippen molar-refractivity contribution in [2.24, 2.45) is 0 Å². The summed E-state index contributed by atoms with van der Waals surface area (Å²) in [4.78, 5) is 0. The topological polar surface area (TPSA) is 35.0 Å². The molecule has 1 rings (SSSR count). The highest BCUT2D eigenvalue weighted by atomic mass is 19.2. The Morgan fingerprint density at radius 1 is 1.17 bits per heavy atom. The third-order valence-corrected chi connectivity index (χ3v) is 1.08. The number of hydrogen-bond acceptors (Lipinski definition) is 3. The lowest BCUT2D eigenvalue weighted by Gasteiger charge is -2.03. The molecule has 12 heavy (non-hydrogen) atoms. The van der Waals surface area contributed by atoms with Gasteiger partial charge in [-0.3, -0.25) is 0 Å². The number of rotatable bonds is 2. The molecule has 0 spiro atoms. The van der Waals surface area contributed by atoms with E-state index in [2.05, 4.69) is 14.9 Å². The molecule has 1 aromatic heterocycles. The van der Waals surface area contributed by atoms with Crippen LogP contribution in [-0.4, -0.2) is 16.8 Å². The average Bonchev–Trinajstić information content (AvgIpc) is 2.06. The minimum Gasteiger partial charge on any atom is -0.486 e. The van der Waals surface area contributed by atoms with E-state index in [0.717, 1.165) is 0 Å². The van der Waals surface area contributed by atoms with E-state index >= 15 is 0 Å². The molecule has 0 atom stereocenters. The van der Waals surface area contributed by atoms with E-state index in [1.54, 1.807) is 0 Å². The average molecular weight is 178 g/mol. The summed E-state index contributed by atoms with van der Waals surface area (Å²) in [5.74, 6) is -5.01. The molecule has 0 aromatic carbocycles. The maximum Gasteiger partial charge on any atom is 0.278 e. The number of halogens is 3. The number of ether oxygens (including phenoxy) is 1. The smallest absolute Gasteiger partial charge is 0.278 e. The molecular formula is C6H5F3N2O. The Morgan fingerprint density at radius 2 is 1.75 bits per heavy atom. The zero-order valence-electron chi connectivity index (χ0n) is 6.14. The van der Waals surface area contributed by atoms with Gasteiger partial charge in [0.05, 0.1) is 6.61 Å². The first kappa shape index (κ1) is 8.76. The molecule has 0 radical (unpaired) electrons. The molecule has 6 heteroatoms. The molecule has 1 aromatic rings. The maximum absolute atomic E-state index is 12.6. The second-order valence-electron chi connectivity index (χ2n) is 1.86. The van der Waals surface area contributed by atoms with Crippen molar-refractivity contribution in [2.75, 3.05) is 6.61 Å². The van der Waals surface area contributed by atoms with Gasteiger partial charge in [0, 0.05) is 0 Å². The summed E-state index contributed by atoms with van der Waals surface area (Å²) in [6.45, 7) is 1.54. The SMILES string of the molecule is CCOc1c(F)nnc(F)c1F. The van der Waals surface area contributed by atoms with Crippen LogP contribution in [0.4, 0.5) is 13.2 Å². The van der Waals surface area contributed by atoms with Crippen LogP contribution in [0.1, 0.15) is 6.92 Å². The van der Waals surface area contributed by atoms with Crippen LogP contribution in [0.15, 0.2) is 0 Å². The van der Waals surface area contributed by atoms with Crippen molar-refractivity contribution < 1.29 is 17.9 Å². The molecule has 0 bridgehead atoms. The molecule has 0 aliphatic rings. The van der Waals surface area contributed by atoms with Crippen molar-refractivity contribution in [3.05, 3.63) is 17.7 Å². The first-order valence-corrected chi connectivity index (χ1v) is 3.16. The van der Waals surface area contributed by atoms with E-state index in [1.165, 1.54) is 6.92 Å². The summed E-state index contributed by atoms with van der Waals surface area (Å²) in [5, 5.41) is 5.28. The van der Waals surface area contributed by atoms with Gasteiger partial charge in [0.2, 0.25) is 11.6 Å². The van der Waals surface area contributed by atoms with Crippen LogP contribution in [-0.2, 0) is 0 Å². The minimum atomic E-state index is -1.47. The van der Waals surface area contributed by atoms with Gasteiger partial charge in [-0.1, -0.05) is 0 Å². The second-order valence-corrected chi connectivity index (χ2v) is 1.86. The first-order chi connectivity index (χ1) is 5.66. The molecule has 0 saturated heterocycles. The molecule has 0 aliphatic heterocycles. The molecule has 0 saturated carbocycles. The van der Waals surface area contributed by atoms with Gasteiger partial charge in [-0.25, -0.2) is 0 Å². The van der Waals surface area contributed by atoms with Crippen molar-refractivity contribution >= 4 is 0 Å². The van der Waals surface area contributed by atoms with Gasteiger partial charge in [-0.15, -0.1) is 10.2 Å². The molecule has 1 heterocycles. The van der Waals surface area contributed by atoms with Crippen molar-refractivity contribution in [1.82, 2.24) is 10.2 Å². The lowest BCUT2D eigenvalue weighted by molar-refractivity contribution is 0.281. The van der Waals surface area contributed by atoms with Gasteiger partial charge in [-0.2, -0.15) is 13.2 Å².